The maximum atomic E-state index is 12.4. The lowest BCUT2D eigenvalue weighted by Gasteiger charge is -2.28. The van der Waals surface area contributed by atoms with E-state index in [4.69, 9.17) is 0 Å². The minimum absolute atomic E-state index is 0.0640. The second-order valence-corrected chi connectivity index (χ2v) is 6.90. The molecular weight excluding hydrogens is 250 g/mol. The lowest BCUT2D eigenvalue weighted by molar-refractivity contribution is -0.130. The van der Waals surface area contributed by atoms with Crippen LogP contribution in [0.25, 0.3) is 0 Å². The Labute approximate surface area is 120 Å². The molecule has 1 heterocycles. The number of aromatic nitrogens is 1. The van der Waals surface area contributed by atoms with Crippen LogP contribution in [0.2, 0.25) is 0 Å². The quantitative estimate of drug-likeness (QED) is 0.826. The van der Waals surface area contributed by atoms with Crippen molar-refractivity contribution in [2.75, 3.05) is 0 Å². The van der Waals surface area contributed by atoms with Crippen LogP contribution in [0.5, 0.6) is 0 Å². The molecule has 2 rings (SSSR count). The highest BCUT2D eigenvalue weighted by Crippen LogP contribution is 2.48. The third-order valence-corrected chi connectivity index (χ3v) is 4.21. The summed E-state index contributed by atoms with van der Waals surface area (Å²) in [6.45, 7) is 7.66. The zero-order chi connectivity index (χ0) is 14.9. The number of carbonyl (C=O) groups excluding carboxylic acids is 2. The van der Waals surface area contributed by atoms with Crippen LogP contribution >= 0.6 is 0 Å². The Kier molecular flexibility index (Phi) is 4.07. The summed E-state index contributed by atoms with van der Waals surface area (Å²) in [7, 11) is 0. The van der Waals surface area contributed by atoms with Gasteiger partial charge in [0.1, 0.15) is 11.6 Å². The van der Waals surface area contributed by atoms with Gasteiger partial charge in [0.15, 0.2) is 0 Å². The average Bonchev–Trinajstić information content (AvgIpc) is 3.15. The minimum atomic E-state index is -0.181. The van der Waals surface area contributed by atoms with Crippen LogP contribution in [-0.4, -0.2) is 16.6 Å². The zero-order valence-corrected chi connectivity index (χ0v) is 12.7. The first-order valence-corrected chi connectivity index (χ1v) is 7.25. The Balaban J connectivity index is 1.99. The molecule has 0 amide bonds. The SMILES string of the molecule is CC(=O)[C@@H](CC(=O)[C@@H]1C[C@@H]1c1ccccn1)C(C)(C)C. The summed E-state index contributed by atoms with van der Waals surface area (Å²) >= 11 is 0. The van der Waals surface area contributed by atoms with Gasteiger partial charge in [-0.05, 0) is 30.9 Å². The number of Topliss-reactive ketones (excluding diaryl/α,β-unsaturated/α-hetero) is 2. The number of pyridine rings is 1. The molecule has 3 atom stereocenters. The molecule has 108 valence electrons. The van der Waals surface area contributed by atoms with Crippen LogP contribution in [0.15, 0.2) is 24.4 Å². The van der Waals surface area contributed by atoms with E-state index in [0.29, 0.717) is 6.42 Å². The van der Waals surface area contributed by atoms with E-state index in [1.54, 1.807) is 13.1 Å². The van der Waals surface area contributed by atoms with Gasteiger partial charge >= 0.3 is 0 Å². The maximum Gasteiger partial charge on any atom is 0.137 e. The van der Waals surface area contributed by atoms with Gasteiger partial charge in [0.2, 0.25) is 0 Å². The number of hydrogen-bond acceptors (Lipinski definition) is 3. The van der Waals surface area contributed by atoms with Gasteiger partial charge < -0.3 is 0 Å². The molecule has 3 nitrogen and oxygen atoms in total. The first-order chi connectivity index (χ1) is 9.30. The average molecular weight is 273 g/mol. The van der Waals surface area contributed by atoms with Gasteiger partial charge in [-0.15, -0.1) is 0 Å². The van der Waals surface area contributed by atoms with E-state index in [-0.39, 0.29) is 34.7 Å². The standard InChI is InChI=1S/C17H23NO2/c1-11(19)14(17(2,3)4)10-16(20)13-9-12(13)15-7-5-6-8-18-15/h5-8,12-14H,9-10H2,1-4H3/t12-,13+,14+/m0/s1. The van der Waals surface area contributed by atoms with Crippen molar-refractivity contribution in [1.82, 2.24) is 4.98 Å². The van der Waals surface area contributed by atoms with E-state index in [1.165, 1.54) is 0 Å². The number of carbonyl (C=O) groups is 2. The highest BCUT2D eigenvalue weighted by molar-refractivity contribution is 5.90. The van der Waals surface area contributed by atoms with Crippen molar-refractivity contribution in [3.8, 4) is 0 Å². The highest BCUT2D eigenvalue weighted by Gasteiger charge is 2.46. The molecule has 0 aromatic carbocycles. The fourth-order valence-corrected chi connectivity index (χ4v) is 2.89. The minimum Gasteiger partial charge on any atom is -0.300 e. The van der Waals surface area contributed by atoms with Crippen molar-refractivity contribution < 1.29 is 9.59 Å². The molecule has 20 heavy (non-hydrogen) atoms. The third kappa shape index (κ3) is 3.33. The van der Waals surface area contributed by atoms with Crippen molar-refractivity contribution in [1.29, 1.82) is 0 Å². The normalized spacial score (nSPS) is 23.2. The van der Waals surface area contributed by atoms with Crippen LogP contribution in [0.3, 0.4) is 0 Å². The number of hydrogen-bond donors (Lipinski definition) is 0. The summed E-state index contributed by atoms with van der Waals surface area (Å²) in [5.74, 6) is 0.474. The molecule has 0 aliphatic heterocycles. The third-order valence-electron chi connectivity index (χ3n) is 4.21. The van der Waals surface area contributed by atoms with Gasteiger partial charge in [0.05, 0.1) is 0 Å². The second kappa shape index (κ2) is 5.47. The van der Waals surface area contributed by atoms with Gasteiger partial charge in [0.25, 0.3) is 0 Å². The van der Waals surface area contributed by atoms with Crippen molar-refractivity contribution in [3.05, 3.63) is 30.1 Å². The fraction of sp³-hybridized carbons (Fsp3) is 0.588. The first-order valence-electron chi connectivity index (χ1n) is 7.25. The van der Waals surface area contributed by atoms with E-state index in [2.05, 4.69) is 4.98 Å². The molecule has 0 bridgehead atoms. The molecule has 0 spiro atoms. The monoisotopic (exact) mass is 273 g/mol. The summed E-state index contributed by atoms with van der Waals surface area (Å²) in [5.41, 5.74) is 0.845. The van der Waals surface area contributed by atoms with Crippen LogP contribution in [0.4, 0.5) is 0 Å². The van der Waals surface area contributed by atoms with Gasteiger partial charge in [-0.1, -0.05) is 26.8 Å². The molecule has 1 aliphatic carbocycles. The van der Waals surface area contributed by atoms with Crippen molar-refractivity contribution in [2.24, 2.45) is 17.3 Å². The van der Waals surface area contributed by atoms with Gasteiger partial charge in [-0.25, -0.2) is 0 Å². The maximum absolute atomic E-state index is 12.4. The van der Waals surface area contributed by atoms with E-state index in [0.717, 1.165) is 12.1 Å². The Morgan fingerprint density at radius 1 is 1.35 bits per heavy atom. The summed E-state index contributed by atoms with van der Waals surface area (Å²) in [6, 6.07) is 5.81. The molecule has 1 aromatic heterocycles. The van der Waals surface area contributed by atoms with Crippen LogP contribution < -0.4 is 0 Å². The molecule has 1 fully saturated rings. The van der Waals surface area contributed by atoms with Crippen LogP contribution in [-0.2, 0) is 9.59 Å². The van der Waals surface area contributed by atoms with E-state index < -0.39 is 0 Å². The topological polar surface area (TPSA) is 47.0 Å². The molecule has 1 aromatic rings. The molecule has 1 aliphatic rings. The molecule has 1 saturated carbocycles. The second-order valence-electron chi connectivity index (χ2n) is 6.90. The fourth-order valence-electron chi connectivity index (χ4n) is 2.89. The molecular formula is C17H23NO2. The van der Waals surface area contributed by atoms with Gasteiger partial charge in [-0.2, -0.15) is 0 Å². The van der Waals surface area contributed by atoms with E-state index in [1.807, 2.05) is 39.0 Å². The zero-order valence-electron chi connectivity index (χ0n) is 12.7. The largest absolute Gasteiger partial charge is 0.300 e. The summed E-state index contributed by atoms with van der Waals surface area (Å²) in [4.78, 5) is 28.4. The van der Waals surface area contributed by atoms with E-state index in [9.17, 15) is 9.59 Å². The number of ketones is 2. The van der Waals surface area contributed by atoms with Gasteiger partial charge in [-0.3, -0.25) is 14.6 Å². The van der Waals surface area contributed by atoms with Crippen molar-refractivity contribution >= 4 is 11.6 Å². The first kappa shape index (κ1) is 14.9. The molecule has 0 N–H and O–H groups in total. The number of nitrogens with zero attached hydrogens (tertiary/aromatic N) is 1. The lowest BCUT2D eigenvalue weighted by atomic mass is 9.75. The molecule has 0 unspecified atom stereocenters. The summed E-state index contributed by atoms with van der Waals surface area (Å²) < 4.78 is 0. The summed E-state index contributed by atoms with van der Waals surface area (Å²) in [5, 5.41) is 0. The Morgan fingerprint density at radius 3 is 2.55 bits per heavy atom. The van der Waals surface area contributed by atoms with E-state index >= 15 is 0 Å². The van der Waals surface area contributed by atoms with Crippen molar-refractivity contribution in [2.45, 2.75) is 46.5 Å². The Bertz CT molecular complexity index is 501. The van der Waals surface area contributed by atoms with Gasteiger partial charge in [0, 0.05) is 36.1 Å². The smallest absolute Gasteiger partial charge is 0.137 e. The molecule has 0 saturated heterocycles. The highest BCUT2D eigenvalue weighted by atomic mass is 16.1. The van der Waals surface area contributed by atoms with Crippen molar-refractivity contribution in [3.63, 3.8) is 0 Å². The van der Waals surface area contributed by atoms with Crippen LogP contribution in [0, 0.1) is 17.3 Å². The Hall–Kier alpha value is -1.51. The van der Waals surface area contributed by atoms with Crippen LogP contribution in [0.1, 0.15) is 52.1 Å². The summed E-state index contributed by atoms with van der Waals surface area (Å²) in [6.07, 6.45) is 3.01. The lowest BCUT2D eigenvalue weighted by Crippen LogP contribution is -2.29. The predicted molar refractivity (Wildman–Crippen MR) is 78.3 cm³/mol. The number of rotatable bonds is 5. The predicted octanol–water partition coefficient (Wildman–Crippen LogP) is 3.40. The molecule has 0 radical (unpaired) electrons. The Morgan fingerprint density at radius 2 is 2.05 bits per heavy atom. The molecule has 3 heteroatoms.